The highest BCUT2D eigenvalue weighted by molar-refractivity contribution is 5.85. The summed E-state index contributed by atoms with van der Waals surface area (Å²) in [5.74, 6) is -0.295. The molecular formula is C25H26N2O2. The third-order valence-corrected chi connectivity index (χ3v) is 4.92. The van der Waals surface area contributed by atoms with E-state index in [0.29, 0.717) is 13.0 Å². The monoisotopic (exact) mass is 386 g/mol. The topological polar surface area (TPSA) is 49.4 Å². The zero-order valence-corrected chi connectivity index (χ0v) is 16.6. The first-order chi connectivity index (χ1) is 14.1. The molecule has 0 aromatic heterocycles. The van der Waals surface area contributed by atoms with Gasteiger partial charge in [-0.25, -0.2) is 0 Å². The molecule has 4 nitrogen and oxygen atoms in total. The molecule has 2 amide bonds. The maximum atomic E-state index is 12.6. The molecule has 3 aromatic rings. The lowest BCUT2D eigenvalue weighted by Crippen LogP contribution is -2.38. The fraction of sp³-hybridized carbons (Fsp3) is 0.200. The molecule has 0 spiro atoms. The van der Waals surface area contributed by atoms with Crippen molar-refractivity contribution in [2.45, 2.75) is 18.9 Å². The van der Waals surface area contributed by atoms with Crippen LogP contribution in [-0.2, 0) is 16.1 Å². The van der Waals surface area contributed by atoms with Crippen LogP contribution in [0.3, 0.4) is 0 Å². The maximum Gasteiger partial charge on any atom is 0.242 e. The first-order valence-corrected chi connectivity index (χ1v) is 9.78. The molecule has 0 heterocycles. The lowest BCUT2D eigenvalue weighted by molar-refractivity contribution is -0.132. The van der Waals surface area contributed by atoms with Gasteiger partial charge in [0.05, 0.1) is 6.54 Å². The van der Waals surface area contributed by atoms with E-state index in [2.05, 4.69) is 5.32 Å². The molecule has 0 saturated carbocycles. The number of rotatable bonds is 8. The molecule has 0 aliphatic heterocycles. The van der Waals surface area contributed by atoms with Crippen molar-refractivity contribution in [3.05, 3.63) is 108 Å². The van der Waals surface area contributed by atoms with E-state index in [1.54, 1.807) is 11.9 Å². The van der Waals surface area contributed by atoms with E-state index in [1.807, 2.05) is 91.0 Å². The molecule has 0 aliphatic carbocycles. The first kappa shape index (κ1) is 20.3. The highest BCUT2D eigenvalue weighted by Crippen LogP contribution is 2.27. The van der Waals surface area contributed by atoms with Gasteiger partial charge in [-0.05, 0) is 16.7 Å². The Morgan fingerprint density at radius 1 is 0.793 bits per heavy atom. The molecule has 0 atom stereocenters. The molecule has 4 heteroatoms. The zero-order chi connectivity index (χ0) is 20.5. The van der Waals surface area contributed by atoms with Gasteiger partial charge < -0.3 is 10.2 Å². The number of amides is 2. The van der Waals surface area contributed by atoms with Crippen LogP contribution in [0.4, 0.5) is 0 Å². The van der Waals surface area contributed by atoms with E-state index < -0.39 is 0 Å². The number of carbonyl (C=O) groups excluding carboxylic acids is 2. The Labute approximate surface area is 172 Å². The SMILES string of the molecule is CN(Cc1ccccc1)C(=O)CNC(=O)CC(c1ccccc1)c1ccccc1. The van der Waals surface area contributed by atoms with E-state index in [9.17, 15) is 9.59 Å². The van der Waals surface area contributed by atoms with Crippen LogP contribution in [0.5, 0.6) is 0 Å². The smallest absolute Gasteiger partial charge is 0.242 e. The van der Waals surface area contributed by atoms with Gasteiger partial charge in [0, 0.05) is 25.9 Å². The number of hydrogen-bond donors (Lipinski definition) is 1. The average Bonchev–Trinajstić information content (AvgIpc) is 2.77. The van der Waals surface area contributed by atoms with Crippen LogP contribution in [0.25, 0.3) is 0 Å². The molecule has 29 heavy (non-hydrogen) atoms. The Bertz CT molecular complexity index is 872. The minimum atomic E-state index is -0.135. The van der Waals surface area contributed by atoms with E-state index in [4.69, 9.17) is 0 Å². The van der Waals surface area contributed by atoms with Crippen LogP contribution in [0.1, 0.15) is 29.0 Å². The van der Waals surface area contributed by atoms with Crippen LogP contribution < -0.4 is 5.32 Å². The molecule has 1 N–H and O–H groups in total. The van der Waals surface area contributed by atoms with Crippen LogP contribution in [0.15, 0.2) is 91.0 Å². The summed E-state index contributed by atoms with van der Waals surface area (Å²) >= 11 is 0. The second-order valence-corrected chi connectivity index (χ2v) is 7.09. The van der Waals surface area contributed by atoms with Crippen molar-refractivity contribution in [3.63, 3.8) is 0 Å². The Morgan fingerprint density at radius 2 is 1.28 bits per heavy atom. The van der Waals surface area contributed by atoms with Crippen molar-refractivity contribution in [1.29, 1.82) is 0 Å². The molecule has 3 aromatic carbocycles. The van der Waals surface area contributed by atoms with E-state index in [-0.39, 0.29) is 24.3 Å². The quantitative estimate of drug-likeness (QED) is 0.637. The molecule has 0 aliphatic rings. The molecule has 3 rings (SSSR count). The molecule has 0 unspecified atom stereocenters. The number of carbonyl (C=O) groups is 2. The summed E-state index contributed by atoms with van der Waals surface area (Å²) in [7, 11) is 1.75. The van der Waals surface area contributed by atoms with Crippen molar-refractivity contribution >= 4 is 11.8 Å². The molecule has 0 saturated heterocycles. The maximum absolute atomic E-state index is 12.6. The van der Waals surface area contributed by atoms with Crippen molar-refractivity contribution in [2.75, 3.05) is 13.6 Å². The number of nitrogens with zero attached hydrogens (tertiary/aromatic N) is 1. The second-order valence-electron chi connectivity index (χ2n) is 7.09. The van der Waals surface area contributed by atoms with Gasteiger partial charge in [-0.15, -0.1) is 0 Å². The summed E-state index contributed by atoms with van der Waals surface area (Å²) < 4.78 is 0. The Morgan fingerprint density at radius 3 is 1.79 bits per heavy atom. The summed E-state index contributed by atoms with van der Waals surface area (Å²) in [4.78, 5) is 26.6. The summed E-state index contributed by atoms with van der Waals surface area (Å²) in [6.07, 6.45) is 0.295. The Balaban J connectivity index is 1.58. The Kier molecular flexibility index (Phi) is 7.17. The van der Waals surface area contributed by atoms with Gasteiger partial charge in [-0.3, -0.25) is 9.59 Å². The second kappa shape index (κ2) is 10.2. The lowest BCUT2D eigenvalue weighted by Gasteiger charge is -2.20. The van der Waals surface area contributed by atoms with Crippen LogP contribution in [-0.4, -0.2) is 30.3 Å². The van der Waals surface area contributed by atoms with Crippen LogP contribution >= 0.6 is 0 Å². The number of hydrogen-bond acceptors (Lipinski definition) is 2. The fourth-order valence-electron chi connectivity index (χ4n) is 3.31. The average molecular weight is 386 g/mol. The third-order valence-electron chi connectivity index (χ3n) is 4.92. The van der Waals surface area contributed by atoms with Gasteiger partial charge in [0.25, 0.3) is 0 Å². The summed E-state index contributed by atoms with van der Waals surface area (Å²) in [5, 5.41) is 2.79. The largest absolute Gasteiger partial charge is 0.347 e. The van der Waals surface area contributed by atoms with Crippen LogP contribution in [0, 0.1) is 0 Å². The van der Waals surface area contributed by atoms with Crippen molar-refractivity contribution in [1.82, 2.24) is 10.2 Å². The van der Waals surface area contributed by atoms with Crippen molar-refractivity contribution < 1.29 is 9.59 Å². The van der Waals surface area contributed by atoms with E-state index in [0.717, 1.165) is 16.7 Å². The predicted octanol–water partition coefficient (Wildman–Crippen LogP) is 3.98. The molecule has 0 fully saturated rings. The Hall–Kier alpha value is -3.40. The highest BCUT2D eigenvalue weighted by Gasteiger charge is 2.19. The summed E-state index contributed by atoms with van der Waals surface area (Å²) in [6, 6.07) is 29.8. The molecule has 148 valence electrons. The van der Waals surface area contributed by atoms with Crippen molar-refractivity contribution in [2.24, 2.45) is 0 Å². The van der Waals surface area contributed by atoms with Gasteiger partial charge >= 0.3 is 0 Å². The summed E-state index contributed by atoms with van der Waals surface area (Å²) in [5.41, 5.74) is 3.23. The minimum Gasteiger partial charge on any atom is -0.347 e. The fourth-order valence-corrected chi connectivity index (χ4v) is 3.31. The molecular weight excluding hydrogens is 360 g/mol. The van der Waals surface area contributed by atoms with E-state index in [1.165, 1.54) is 0 Å². The van der Waals surface area contributed by atoms with E-state index >= 15 is 0 Å². The standard InChI is InChI=1S/C25H26N2O2/c1-27(19-20-11-5-2-6-12-20)25(29)18-26-24(28)17-23(21-13-7-3-8-14-21)22-15-9-4-10-16-22/h2-16,23H,17-19H2,1H3,(H,26,28). The van der Waals surface area contributed by atoms with Gasteiger partial charge in [0.1, 0.15) is 0 Å². The highest BCUT2D eigenvalue weighted by atomic mass is 16.2. The number of benzene rings is 3. The summed E-state index contributed by atoms with van der Waals surface area (Å²) in [6.45, 7) is 0.519. The minimum absolute atomic E-state index is 0.00152. The predicted molar refractivity (Wildman–Crippen MR) is 115 cm³/mol. The van der Waals surface area contributed by atoms with Crippen LogP contribution in [0.2, 0.25) is 0 Å². The number of nitrogens with one attached hydrogen (secondary N) is 1. The first-order valence-electron chi connectivity index (χ1n) is 9.78. The third kappa shape index (κ3) is 6.04. The van der Waals surface area contributed by atoms with Gasteiger partial charge in [-0.2, -0.15) is 0 Å². The molecule has 0 bridgehead atoms. The van der Waals surface area contributed by atoms with Gasteiger partial charge in [0.15, 0.2) is 0 Å². The number of likely N-dealkylation sites (N-methyl/N-ethyl adjacent to an activating group) is 1. The lowest BCUT2D eigenvalue weighted by atomic mass is 9.88. The van der Waals surface area contributed by atoms with Gasteiger partial charge in [0.2, 0.25) is 11.8 Å². The zero-order valence-electron chi connectivity index (χ0n) is 16.6. The normalized spacial score (nSPS) is 10.6. The molecule has 0 radical (unpaired) electrons. The van der Waals surface area contributed by atoms with Crippen molar-refractivity contribution in [3.8, 4) is 0 Å². The van der Waals surface area contributed by atoms with Gasteiger partial charge in [-0.1, -0.05) is 91.0 Å².